The molecule has 5 heteroatoms. The van der Waals surface area contributed by atoms with Crippen LogP contribution in [0.5, 0.6) is 5.75 Å². The molecule has 1 aliphatic carbocycles. The van der Waals surface area contributed by atoms with Crippen LogP contribution < -0.4 is 10.1 Å². The number of aromatic nitrogens is 1. The minimum atomic E-state index is -0.611. The lowest BCUT2D eigenvalue weighted by atomic mass is 10.1. The molecule has 118 valence electrons. The SMILES string of the molecule is COc1ccc2ccc(NC3CC[C@@H](O)[C@@H](O)CC3)nc2c1. The van der Waals surface area contributed by atoms with Gasteiger partial charge in [-0.25, -0.2) is 4.98 Å². The van der Waals surface area contributed by atoms with Gasteiger partial charge >= 0.3 is 0 Å². The summed E-state index contributed by atoms with van der Waals surface area (Å²) >= 11 is 0. The highest BCUT2D eigenvalue weighted by molar-refractivity contribution is 5.81. The molecule has 0 spiro atoms. The van der Waals surface area contributed by atoms with E-state index in [1.807, 2.05) is 30.3 Å². The van der Waals surface area contributed by atoms with E-state index in [1.54, 1.807) is 7.11 Å². The lowest BCUT2D eigenvalue weighted by molar-refractivity contribution is 0.0157. The number of benzene rings is 1. The number of methoxy groups -OCH3 is 1. The van der Waals surface area contributed by atoms with Crippen LogP contribution in [0.3, 0.4) is 0 Å². The van der Waals surface area contributed by atoms with Crippen LogP contribution >= 0.6 is 0 Å². The molecule has 1 aromatic carbocycles. The third kappa shape index (κ3) is 3.31. The molecule has 0 amide bonds. The number of hydrogen-bond acceptors (Lipinski definition) is 5. The molecular weight excluding hydrogens is 280 g/mol. The van der Waals surface area contributed by atoms with Crippen molar-refractivity contribution in [1.82, 2.24) is 4.98 Å². The summed E-state index contributed by atoms with van der Waals surface area (Å²) in [4.78, 5) is 4.63. The van der Waals surface area contributed by atoms with Crippen molar-refractivity contribution in [3.63, 3.8) is 0 Å². The zero-order valence-electron chi connectivity index (χ0n) is 12.7. The van der Waals surface area contributed by atoms with Gasteiger partial charge in [0.2, 0.25) is 0 Å². The number of nitrogens with zero attached hydrogens (tertiary/aromatic N) is 1. The Kier molecular flexibility index (Phi) is 4.45. The first kappa shape index (κ1) is 15.1. The highest BCUT2D eigenvalue weighted by Gasteiger charge is 2.24. The summed E-state index contributed by atoms with van der Waals surface area (Å²) in [5.41, 5.74) is 0.887. The van der Waals surface area contributed by atoms with Gasteiger partial charge in [0.25, 0.3) is 0 Å². The standard InChI is InChI=1S/C17H22N2O3/c1-22-13-6-2-11-3-9-17(19-14(11)10-13)18-12-4-7-15(20)16(21)8-5-12/h2-3,6,9-10,12,15-16,20-21H,4-5,7-8H2,1H3,(H,18,19)/t12?,15-,16+. The molecule has 1 aliphatic rings. The van der Waals surface area contributed by atoms with Gasteiger partial charge in [-0.05, 0) is 49.9 Å². The lowest BCUT2D eigenvalue weighted by Gasteiger charge is -2.17. The van der Waals surface area contributed by atoms with E-state index in [0.717, 1.165) is 35.3 Å². The minimum Gasteiger partial charge on any atom is -0.497 e. The summed E-state index contributed by atoms with van der Waals surface area (Å²) in [5, 5.41) is 24.0. The van der Waals surface area contributed by atoms with Crippen LogP contribution in [0, 0.1) is 0 Å². The number of nitrogens with one attached hydrogen (secondary N) is 1. The monoisotopic (exact) mass is 302 g/mol. The van der Waals surface area contributed by atoms with Gasteiger partial charge in [-0.15, -0.1) is 0 Å². The molecule has 0 radical (unpaired) electrons. The molecule has 3 N–H and O–H groups in total. The predicted octanol–water partition coefficient (Wildman–Crippen LogP) is 2.32. The van der Waals surface area contributed by atoms with Crippen molar-refractivity contribution in [1.29, 1.82) is 0 Å². The number of aliphatic hydroxyl groups excluding tert-OH is 2. The molecule has 0 aliphatic heterocycles. The van der Waals surface area contributed by atoms with Crippen LogP contribution in [0.15, 0.2) is 30.3 Å². The van der Waals surface area contributed by atoms with E-state index >= 15 is 0 Å². The summed E-state index contributed by atoms with van der Waals surface area (Å²) in [6, 6.07) is 10.1. The Hall–Kier alpha value is -1.85. The van der Waals surface area contributed by atoms with E-state index in [-0.39, 0.29) is 6.04 Å². The topological polar surface area (TPSA) is 74.6 Å². The molecular formula is C17H22N2O3. The van der Waals surface area contributed by atoms with Crippen LogP contribution in [-0.2, 0) is 0 Å². The van der Waals surface area contributed by atoms with Crippen molar-refractivity contribution in [3.05, 3.63) is 30.3 Å². The number of hydrogen-bond donors (Lipinski definition) is 3. The number of anilines is 1. The van der Waals surface area contributed by atoms with Crippen molar-refractivity contribution in [2.45, 2.75) is 43.9 Å². The molecule has 0 saturated heterocycles. The maximum absolute atomic E-state index is 9.73. The summed E-state index contributed by atoms with van der Waals surface area (Å²) < 4.78 is 5.24. The Morgan fingerprint density at radius 2 is 1.73 bits per heavy atom. The summed E-state index contributed by atoms with van der Waals surface area (Å²) in [7, 11) is 1.64. The number of ether oxygens (including phenoxy) is 1. The molecule has 22 heavy (non-hydrogen) atoms. The van der Waals surface area contributed by atoms with Crippen molar-refractivity contribution in [2.24, 2.45) is 0 Å². The average molecular weight is 302 g/mol. The molecule has 1 saturated carbocycles. The van der Waals surface area contributed by atoms with E-state index in [4.69, 9.17) is 4.74 Å². The number of rotatable bonds is 3. The molecule has 1 unspecified atom stereocenters. The Bertz CT molecular complexity index is 635. The Morgan fingerprint density at radius 3 is 2.41 bits per heavy atom. The van der Waals surface area contributed by atoms with Crippen molar-refractivity contribution in [3.8, 4) is 5.75 Å². The molecule has 3 rings (SSSR count). The van der Waals surface area contributed by atoms with Crippen LogP contribution in [0.4, 0.5) is 5.82 Å². The van der Waals surface area contributed by atoms with Crippen LogP contribution in [-0.4, -0.2) is 40.6 Å². The van der Waals surface area contributed by atoms with E-state index in [0.29, 0.717) is 12.8 Å². The summed E-state index contributed by atoms with van der Waals surface area (Å²) in [5.74, 6) is 1.61. The maximum Gasteiger partial charge on any atom is 0.126 e. The second kappa shape index (κ2) is 6.50. The lowest BCUT2D eigenvalue weighted by Crippen LogP contribution is -2.23. The van der Waals surface area contributed by atoms with Crippen molar-refractivity contribution in [2.75, 3.05) is 12.4 Å². The molecule has 1 heterocycles. The minimum absolute atomic E-state index is 0.224. The highest BCUT2D eigenvalue weighted by atomic mass is 16.5. The van der Waals surface area contributed by atoms with Gasteiger partial charge < -0.3 is 20.3 Å². The molecule has 1 fully saturated rings. The van der Waals surface area contributed by atoms with E-state index in [9.17, 15) is 10.2 Å². The third-order valence-electron chi connectivity index (χ3n) is 4.32. The fraction of sp³-hybridized carbons (Fsp3) is 0.471. The van der Waals surface area contributed by atoms with Crippen molar-refractivity contribution >= 4 is 16.7 Å². The normalized spacial score (nSPS) is 25.7. The Balaban J connectivity index is 1.75. The van der Waals surface area contributed by atoms with Gasteiger partial charge in [0.05, 0.1) is 24.8 Å². The smallest absolute Gasteiger partial charge is 0.126 e. The van der Waals surface area contributed by atoms with Gasteiger partial charge in [-0.3, -0.25) is 0 Å². The molecule has 2 aromatic rings. The fourth-order valence-corrected chi connectivity index (χ4v) is 2.93. The Morgan fingerprint density at radius 1 is 1.05 bits per heavy atom. The van der Waals surface area contributed by atoms with E-state index in [2.05, 4.69) is 10.3 Å². The van der Waals surface area contributed by atoms with Crippen LogP contribution in [0.2, 0.25) is 0 Å². The quantitative estimate of drug-likeness (QED) is 0.759. The predicted molar refractivity (Wildman–Crippen MR) is 86.2 cm³/mol. The second-order valence-corrected chi connectivity index (χ2v) is 5.89. The second-order valence-electron chi connectivity index (χ2n) is 5.89. The number of fused-ring (bicyclic) bond motifs is 1. The van der Waals surface area contributed by atoms with Gasteiger partial charge in [0.1, 0.15) is 11.6 Å². The van der Waals surface area contributed by atoms with Crippen LogP contribution in [0.1, 0.15) is 25.7 Å². The number of aliphatic hydroxyl groups is 2. The van der Waals surface area contributed by atoms with E-state index in [1.165, 1.54) is 0 Å². The third-order valence-corrected chi connectivity index (χ3v) is 4.32. The van der Waals surface area contributed by atoms with Crippen LogP contribution in [0.25, 0.3) is 10.9 Å². The molecule has 0 bridgehead atoms. The van der Waals surface area contributed by atoms with Gasteiger partial charge in [-0.2, -0.15) is 0 Å². The molecule has 3 atom stereocenters. The summed E-state index contributed by atoms with van der Waals surface area (Å²) in [6.45, 7) is 0. The maximum atomic E-state index is 9.73. The Labute approximate surface area is 129 Å². The first-order valence-electron chi connectivity index (χ1n) is 7.73. The average Bonchev–Trinajstić information content (AvgIpc) is 2.70. The van der Waals surface area contributed by atoms with Gasteiger partial charge in [-0.1, -0.05) is 0 Å². The molecule has 5 nitrogen and oxygen atoms in total. The highest BCUT2D eigenvalue weighted by Crippen LogP contribution is 2.24. The first-order chi connectivity index (χ1) is 10.7. The first-order valence-corrected chi connectivity index (χ1v) is 7.73. The zero-order valence-corrected chi connectivity index (χ0v) is 12.7. The van der Waals surface area contributed by atoms with Crippen molar-refractivity contribution < 1.29 is 14.9 Å². The largest absolute Gasteiger partial charge is 0.497 e. The molecule has 1 aromatic heterocycles. The van der Waals surface area contributed by atoms with Gasteiger partial charge in [0, 0.05) is 17.5 Å². The fourth-order valence-electron chi connectivity index (χ4n) is 2.93. The number of pyridine rings is 1. The van der Waals surface area contributed by atoms with E-state index < -0.39 is 12.2 Å². The summed E-state index contributed by atoms with van der Waals surface area (Å²) in [6.07, 6.45) is 1.66. The zero-order chi connectivity index (χ0) is 15.5. The van der Waals surface area contributed by atoms with Gasteiger partial charge in [0.15, 0.2) is 0 Å².